The van der Waals surface area contributed by atoms with Crippen LogP contribution in [0.3, 0.4) is 0 Å². The highest BCUT2D eigenvalue weighted by atomic mass is 16.5. The molecule has 0 saturated carbocycles. The first-order chi connectivity index (χ1) is 15.4. The summed E-state index contributed by atoms with van der Waals surface area (Å²) in [5.41, 5.74) is 0.562. The van der Waals surface area contributed by atoms with Gasteiger partial charge in [-0.25, -0.2) is 4.68 Å². The molecule has 2 aromatic carbocycles. The lowest BCUT2D eigenvalue weighted by Crippen LogP contribution is -2.28. The Morgan fingerprint density at radius 3 is 2.38 bits per heavy atom. The Bertz CT molecular complexity index is 1150. The molecule has 0 fully saturated rings. The topological polar surface area (TPSA) is 93.5 Å². The lowest BCUT2D eigenvalue weighted by molar-refractivity contribution is -0.130. The third-order valence-electron chi connectivity index (χ3n) is 5.03. The van der Waals surface area contributed by atoms with Crippen LogP contribution in [0.25, 0.3) is 10.8 Å². The molecule has 0 bridgehead atoms. The van der Waals surface area contributed by atoms with E-state index in [0.717, 1.165) is 19.3 Å². The summed E-state index contributed by atoms with van der Waals surface area (Å²) in [4.78, 5) is 38.9. The fraction of sp³-hybridized carbons (Fsp3) is 0.333. The van der Waals surface area contributed by atoms with Gasteiger partial charge in [0.1, 0.15) is 5.75 Å². The second-order valence-electron chi connectivity index (χ2n) is 7.68. The normalized spacial score (nSPS) is 10.7. The number of ether oxygens (including phenoxy) is 1. The molecule has 0 radical (unpaired) electrons. The summed E-state index contributed by atoms with van der Waals surface area (Å²) >= 11 is 0. The van der Waals surface area contributed by atoms with Crippen molar-refractivity contribution in [3.05, 3.63) is 64.6 Å². The van der Waals surface area contributed by atoms with Crippen LogP contribution in [0.1, 0.15) is 36.7 Å². The number of amides is 2. The number of hydrogen-bond acceptors (Lipinski definition) is 5. The molecule has 3 aromatic rings. The van der Waals surface area contributed by atoms with Crippen molar-refractivity contribution in [2.45, 2.75) is 32.7 Å². The molecule has 2 amide bonds. The number of aromatic nitrogens is 2. The number of nitrogens with zero attached hydrogens (tertiary/aromatic N) is 3. The zero-order valence-corrected chi connectivity index (χ0v) is 18.6. The maximum absolute atomic E-state index is 13.0. The van der Waals surface area contributed by atoms with Gasteiger partial charge in [-0.1, -0.05) is 38.0 Å². The van der Waals surface area contributed by atoms with Crippen molar-refractivity contribution >= 4 is 28.3 Å². The molecule has 1 heterocycles. The summed E-state index contributed by atoms with van der Waals surface area (Å²) in [6.07, 6.45) is 2.83. The van der Waals surface area contributed by atoms with Crippen molar-refractivity contribution in [2.24, 2.45) is 0 Å². The number of likely N-dealkylation sites (N-methyl/N-ethyl adjacent to an activating group) is 1. The van der Waals surface area contributed by atoms with Crippen LogP contribution in [0, 0.1) is 0 Å². The summed E-state index contributed by atoms with van der Waals surface area (Å²) in [6, 6.07) is 13.7. The van der Waals surface area contributed by atoms with Crippen LogP contribution in [-0.2, 0) is 11.3 Å². The van der Waals surface area contributed by atoms with E-state index in [-0.39, 0.29) is 23.8 Å². The first-order valence-corrected chi connectivity index (χ1v) is 10.6. The number of fused-ring (bicyclic) bond motifs is 1. The number of rotatable bonds is 9. The molecule has 8 nitrogen and oxygen atoms in total. The highest BCUT2D eigenvalue weighted by molar-refractivity contribution is 6.11. The molecule has 0 spiro atoms. The van der Waals surface area contributed by atoms with Crippen LogP contribution in [0.2, 0.25) is 0 Å². The maximum atomic E-state index is 13.0. The van der Waals surface area contributed by atoms with Crippen LogP contribution in [0.5, 0.6) is 5.75 Å². The molecular formula is C24H28N4O4. The number of nitrogens with one attached hydrogen (secondary N) is 1. The molecule has 3 rings (SSSR count). The number of aryl methyl sites for hydroxylation is 1. The number of hydrogen-bond donors (Lipinski definition) is 1. The van der Waals surface area contributed by atoms with Gasteiger partial charge < -0.3 is 15.0 Å². The van der Waals surface area contributed by atoms with Gasteiger partial charge in [0.15, 0.2) is 12.3 Å². The summed E-state index contributed by atoms with van der Waals surface area (Å²) in [5.74, 6) is -0.0254. The molecule has 0 aliphatic rings. The van der Waals surface area contributed by atoms with E-state index in [9.17, 15) is 14.4 Å². The van der Waals surface area contributed by atoms with E-state index in [1.807, 2.05) is 0 Å². The van der Waals surface area contributed by atoms with Gasteiger partial charge in [-0.15, -0.1) is 0 Å². The van der Waals surface area contributed by atoms with E-state index in [0.29, 0.717) is 28.8 Å². The number of benzene rings is 2. The minimum atomic E-state index is -0.401. The van der Waals surface area contributed by atoms with Crippen LogP contribution in [0.4, 0.5) is 5.69 Å². The van der Waals surface area contributed by atoms with Crippen LogP contribution in [0.15, 0.2) is 53.3 Å². The second kappa shape index (κ2) is 10.6. The lowest BCUT2D eigenvalue weighted by atomic mass is 10.1. The van der Waals surface area contributed by atoms with Crippen molar-refractivity contribution in [3.63, 3.8) is 0 Å². The third-order valence-corrected chi connectivity index (χ3v) is 5.03. The molecule has 0 atom stereocenters. The van der Waals surface area contributed by atoms with E-state index < -0.39 is 5.91 Å². The molecule has 1 aromatic heterocycles. The zero-order chi connectivity index (χ0) is 23.1. The molecular weight excluding hydrogens is 408 g/mol. The van der Waals surface area contributed by atoms with E-state index in [1.165, 1.54) is 9.58 Å². The van der Waals surface area contributed by atoms with Crippen molar-refractivity contribution in [2.75, 3.05) is 26.0 Å². The lowest BCUT2D eigenvalue weighted by Gasteiger charge is -2.13. The van der Waals surface area contributed by atoms with Gasteiger partial charge in [0.2, 0.25) is 0 Å². The van der Waals surface area contributed by atoms with Crippen LogP contribution in [-0.4, -0.2) is 47.2 Å². The van der Waals surface area contributed by atoms with Crippen molar-refractivity contribution in [3.8, 4) is 5.75 Å². The van der Waals surface area contributed by atoms with Gasteiger partial charge in [-0.3, -0.25) is 14.4 Å². The van der Waals surface area contributed by atoms with Gasteiger partial charge in [-0.2, -0.15) is 5.10 Å². The van der Waals surface area contributed by atoms with E-state index in [4.69, 9.17) is 4.74 Å². The number of carbonyl (C=O) groups excluding carboxylic acids is 2. The highest BCUT2D eigenvalue weighted by Gasteiger charge is 2.17. The first kappa shape index (κ1) is 23.0. The van der Waals surface area contributed by atoms with Gasteiger partial charge in [0.05, 0.1) is 5.39 Å². The molecule has 0 aliphatic heterocycles. The fourth-order valence-corrected chi connectivity index (χ4v) is 3.16. The molecule has 0 aliphatic carbocycles. The Hall–Kier alpha value is -3.68. The summed E-state index contributed by atoms with van der Waals surface area (Å²) in [5, 5.41) is 8.19. The van der Waals surface area contributed by atoms with Crippen LogP contribution >= 0.6 is 0 Å². The first-order valence-electron chi connectivity index (χ1n) is 10.6. The van der Waals surface area contributed by atoms with Gasteiger partial charge in [-0.05, 0) is 36.8 Å². The Balaban J connectivity index is 1.80. The largest absolute Gasteiger partial charge is 0.484 e. The minimum Gasteiger partial charge on any atom is -0.484 e. The summed E-state index contributed by atoms with van der Waals surface area (Å²) < 4.78 is 6.83. The average molecular weight is 437 g/mol. The molecule has 8 heteroatoms. The SMILES string of the molecule is CCCCCn1nc(C(=O)Nc2ccc(OCC(=O)N(C)C)cc2)c2ccccc2c1=O. The Morgan fingerprint density at radius 2 is 1.72 bits per heavy atom. The Labute approximate surface area is 186 Å². The zero-order valence-electron chi connectivity index (χ0n) is 18.6. The average Bonchev–Trinajstić information content (AvgIpc) is 2.80. The Kier molecular flexibility index (Phi) is 7.59. The monoisotopic (exact) mass is 436 g/mol. The van der Waals surface area contributed by atoms with E-state index >= 15 is 0 Å². The summed E-state index contributed by atoms with van der Waals surface area (Å²) in [6.45, 7) is 2.50. The van der Waals surface area contributed by atoms with Gasteiger partial charge in [0, 0.05) is 31.7 Å². The smallest absolute Gasteiger partial charge is 0.276 e. The standard InChI is InChI=1S/C24H28N4O4/c1-4-5-8-15-28-24(31)20-10-7-6-9-19(20)22(26-28)23(30)25-17-11-13-18(14-12-17)32-16-21(29)27(2)3/h6-7,9-14H,4-5,8,15-16H2,1-3H3,(H,25,30). The highest BCUT2D eigenvalue weighted by Crippen LogP contribution is 2.19. The van der Waals surface area contributed by atoms with Crippen molar-refractivity contribution in [1.29, 1.82) is 0 Å². The van der Waals surface area contributed by atoms with Gasteiger partial charge >= 0.3 is 0 Å². The molecule has 1 N–H and O–H groups in total. The van der Waals surface area contributed by atoms with Gasteiger partial charge in [0.25, 0.3) is 17.4 Å². The molecule has 168 valence electrons. The number of unbranched alkanes of at least 4 members (excludes halogenated alkanes) is 2. The maximum Gasteiger partial charge on any atom is 0.276 e. The molecule has 32 heavy (non-hydrogen) atoms. The number of anilines is 1. The second-order valence-corrected chi connectivity index (χ2v) is 7.68. The summed E-state index contributed by atoms with van der Waals surface area (Å²) in [7, 11) is 3.32. The van der Waals surface area contributed by atoms with Crippen molar-refractivity contribution < 1.29 is 14.3 Å². The van der Waals surface area contributed by atoms with E-state index in [1.54, 1.807) is 62.6 Å². The predicted molar refractivity (Wildman–Crippen MR) is 124 cm³/mol. The van der Waals surface area contributed by atoms with Crippen LogP contribution < -0.4 is 15.6 Å². The Morgan fingerprint density at radius 1 is 1.03 bits per heavy atom. The molecule has 0 saturated heterocycles. The quantitative estimate of drug-likeness (QED) is 0.520. The minimum absolute atomic E-state index is 0.0613. The predicted octanol–water partition coefficient (Wildman–Crippen LogP) is 3.31. The fourth-order valence-electron chi connectivity index (χ4n) is 3.16. The molecule has 0 unspecified atom stereocenters. The number of carbonyl (C=O) groups is 2. The van der Waals surface area contributed by atoms with Crippen molar-refractivity contribution in [1.82, 2.24) is 14.7 Å². The van der Waals surface area contributed by atoms with E-state index in [2.05, 4.69) is 17.3 Å². The third kappa shape index (κ3) is 5.51.